The molecule has 3 N–H and O–H groups in total. The fourth-order valence-electron chi connectivity index (χ4n) is 3.55. The van der Waals surface area contributed by atoms with Crippen LogP contribution in [-0.4, -0.2) is 52.3 Å². The highest BCUT2D eigenvalue weighted by molar-refractivity contribution is 6.22. The second-order valence-electron chi connectivity index (χ2n) is 10.3. The van der Waals surface area contributed by atoms with Crippen molar-refractivity contribution in [2.45, 2.75) is 52.7 Å². The van der Waals surface area contributed by atoms with Gasteiger partial charge in [-0.2, -0.15) is 0 Å². The van der Waals surface area contributed by atoms with Gasteiger partial charge in [-0.15, -0.1) is 0 Å². The van der Waals surface area contributed by atoms with E-state index >= 15 is 0 Å². The van der Waals surface area contributed by atoms with Crippen molar-refractivity contribution in [2.24, 2.45) is 0 Å². The van der Waals surface area contributed by atoms with Crippen LogP contribution >= 0.6 is 0 Å². The lowest BCUT2D eigenvalue weighted by molar-refractivity contribution is -0.115. The molecule has 0 saturated carbocycles. The van der Waals surface area contributed by atoms with E-state index in [0.717, 1.165) is 0 Å². The highest BCUT2D eigenvalue weighted by Gasteiger charge is 2.42. The molecule has 0 aliphatic carbocycles. The van der Waals surface area contributed by atoms with Crippen LogP contribution in [0.3, 0.4) is 0 Å². The topological polar surface area (TPSA) is 134 Å². The predicted molar refractivity (Wildman–Crippen MR) is 134 cm³/mol. The van der Waals surface area contributed by atoms with E-state index in [-0.39, 0.29) is 23.2 Å². The number of para-hydroxylation sites is 2. The summed E-state index contributed by atoms with van der Waals surface area (Å²) < 4.78 is 5.10. The zero-order chi connectivity index (χ0) is 26.8. The average Bonchev–Trinajstić information content (AvgIpc) is 3.02. The number of rotatable bonds is 5. The summed E-state index contributed by atoms with van der Waals surface area (Å²) in [5, 5.41) is 7.71. The lowest BCUT2D eigenvalue weighted by atomic mass is 10.1. The van der Waals surface area contributed by atoms with E-state index in [9.17, 15) is 24.0 Å². The van der Waals surface area contributed by atoms with E-state index in [1.54, 1.807) is 65.8 Å². The summed E-state index contributed by atoms with van der Waals surface area (Å²) in [6.07, 6.45) is -0.728. The largest absolute Gasteiger partial charge is 0.444 e. The van der Waals surface area contributed by atoms with Crippen molar-refractivity contribution in [3.63, 3.8) is 0 Å². The number of carbonyl (C=O) groups is 5. The van der Waals surface area contributed by atoms with Crippen molar-refractivity contribution in [3.8, 4) is 0 Å². The summed E-state index contributed by atoms with van der Waals surface area (Å²) in [5.41, 5.74) is -0.184. The summed E-state index contributed by atoms with van der Waals surface area (Å²) in [4.78, 5) is 63.7. The lowest BCUT2D eigenvalue weighted by Gasteiger charge is -2.29. The van der Waals surface area contributed by atoms with E-state index in [0.29, 0.717) is 11.4 Å². The van der Waals surface area contributed by atoms with Crippen LogP contribution in [0.5, 0.6) is 0 Å². The van der Waals surface area contributed by atoms with Crippen LogP contribution < -0.4 is 16.0 Å². The molecule has 5 amide bonds. The number of hydrogen-bond acceptors (Lipinski definition) is 6. The molecule has 0 unspecified atom stereocenters. The highest BCUT2D eigenvalue weighted by atomic mass is 16.6. The van der Waals surface area contributed by atoms with Gasteiger partial charge in [-0.25, -0.2) is 4.79 Å². The summed E-state index contributed by atoms with van der Waals surface area (Å²) in [6.45, 7) is 10.1. The van der Waals surface area contributed by atoms with Crippen molar-refractivity contribution in [1.82, 2.24) is 10.2 Å². The molecule has 3 rings (SSSR count). The Morgan fingerprint density at radius 1 is 0.833 bits per heavy atom. The van der Waals surface area contributed by atoms with Crippen molar-refractivity contribution in [2.75, 3.05) is 17.2 Å². The second kappa shape index (κ2) is 9.80. The van der Waals surface area contributed by atoms with E-state index in [2.05, 4.69) is 16.0 Å². The third-order valence-corrected chi connectivity index (χ3v) is 5.06. The number of alkyl carbamates (subject to hydrolysis) is 1. The van der Waals surface area contributed by atoms with Crippen LogP contribution in [0.2, 0.25) is 0 Å². The Morgan fingerprint density at radius 3 is 2.00 bits per heavy atom. The molecule has 0 aromatic heterocycles. The number of hydrogen-bond donors (Lipinski definition) is 3. The van der Waals surface area contributed by atoms with Gasteiger partial charge in [0, 0.05) is 11.1 Å². The molecule has 10 nitrogen and oxygen atoms in total. The first kappa shape index (κ1) is 26.4. The number of nitrogens with zero attached hydrogens (tertiary/aromatic N) is 1. The highest BCUT2D eigenvalue weighted by Crippen LogP contribution is 2.30. The number of anilines is 2. The standard InChI is InChI=1S/C26H30N4O6/c1-25(2,3)30-22(33)16-12-11-15(13-17(16)23(30)34)21(32)29-19-10-8-7-9-18(19)28-20(31)14-27-24(35)36-26(4,5)6/h7-13H,14H2,1-6H3,(H,27,35)(H,28,31)(H,29,32). The van der Waals surface area contributed by atoms with Crippen molar-refractivity contribution >= 4 is 41.1 Å². The van der Waals surface area contributed by atoms with Gasteiger partial charge >= 0.3 is 6.09 Å². The second-order valence-corrected chi connectivity index (χ2v) is 10.3. The Labute approximate surface area is 209 Å². The Balaban J connectivity index is 1.70. The third kappa shape index (κ3) is 6.07. The zero-order valence-electron chi connectivity index (χ0n) is 21.1. The molecule has 1 aliphatic rings. The fraction of sp³-hybridized carbons (Fsp3) is 0.346. The van der Waals surface area contributed by atoms with Gasteiger partial charge < -0.3 is 20.7 Å². The monoisotopic (exact) mass is 494 g/mol. The van der Waals surface area contributed by atoms with E-state index < -0.39 is 40.9 Å². The Morgan fingerprint density at radius 2 is 1.42 bits per heavy atom. The van der Waals surface area contributed by atoms with Gasteiger partial charge in [-0.1, -0.05) is 12.1 Å². The molecule has 10 heteroatoms. The fourth-order valence-corrected chi connectivity index (χ4v) is 3.55. The molecule has 0 saturated heterocycles. The minimum atomic E-state index is -0.728. The van der Waals surface area contributed by atoms with Crippen LogP contribution in [0.15, 0.2) is 42.5 Å². The van der Waals surface area contributed by atoms with Crippen molar-refractivity contribution in [1.29, 1.82) is 0 Å². The van der Waals surface area contributed by atoms with Crippen LogP contribution in [0, 0.1) is 0 Å². The molecular weight excluding hydrogens is 464 g/mol. The molecule has 2 aromatic rings. The Kier molecular flexibility index (Phi) is 7.19. The smallest absolute Gasteiger partial charge is 0.408 e. The maximum Gasteiger partial charge on any atom is 0.408 e. The maximum atomic E-state index is 13.0. The van der Waals surface area contributed by atoms with E-state index in [4.69, 9.17) is 4.74 Å². The van der Waals surface area contributed by atoms with Crippen LogP contribution in [0.25, 0.3) is 0 Å². The molecule has 0 radical (unpaired) electrons. The van der Waals surface area contributed by atoms with Gasteiger partial charge in [-0.3, -0.25) is 24.1 Å². The summed E-state index contributed by atoms with van der Waals surface area (Å²) in [7, 11) is 0. The molecule has 1 heterocycles. The Bertz CT molecular complexity index is 1240. The molecule has 1 aliphatic heterocycles. The van der Waals surface area contributed by atoms with Crippen molar-refractivity contribution < 1.29 is 28.7 Å². The van der Waals surface area contributed by atoms with Crippen molar-refractivity contribution in [3.05, 3.63) is 59.2 Å². The van der Waals surface area contributed by atoms with Crippen LogP contribution in [0.4, 0.5) is 16.2 Å². The first-order valence-electron chi connectivity index (χ1n) is 11.4. The number of imide groups is 1. The van der Waals surface area contributed by atoms with Gasteiger partial charge in [0.05, 0.1) is 22.5 Å². The van der Waals surface area contributed by atoms with E-state index in [1.807, 2.05) is 0 Å². The number of fused-ring (bicyclic) bond motifs is 1. The predicted octanol–water partition coefficient (Wildman–Crippen LogP) is 3.80. The number of amides is 5. The molecule has 0 bridgehead atoms. The number of ether oxygens (including phenoxy) is 1. The van der Waals surface area contributed by atoms with Crippen LogP contribution in [0.1, 0.15) is 72.6 Å². The first-order chi connectivity index (χ1) is 16.7. The SMILES string of the molecule is CC(C)(C)OC(=O)NCC(=O)Nc1ccccc1NC(=O)c1ccc2c(c1)C(=O)N(C(C)(C)C)C2=O. The summed E-state index contributed by atoms with van der Waals surface area (Å²) in [5.74, 6) is -1.91. The molecule has 0 atom stereocenters. The molecule has 0 spiro atoms. The molecule has 36 heavy (non-hydrogen) atoms. The molecule has 190 valence electrons. The quantitative estimate of drug-likeness (QED) is 0.542. The van der Waals surface area contributed by atoms with Gasteiger partial charge in [0.2, 0.25) is 5.91 Å². The minimum absolute atomic E-state index is 0.164. The van der Waals surface area contributed by atoms with Crippen LogP contribution in [-0.2, 0) is 9.53 Å². The molecule has 2 aromatic carbocycles. The lowest BCUT2D eigenvalue weighted by Crippen LogP contribution is -2.45. The van der Waals surface area contributed by atoms with Gasteiger partial charge in [0.25, 0.3) is 17.7 Å². The molecule has 0 fully saturated rings. The average molecular weight is 495 g/mol. The van der Waals surface area contributed by atoms with Gasteiger partial charge in [0.15, 0.2) is 0 Å². The minimum Gasteiger partial charge on any atom is -0.444 e. The Hall–Kier alpha value is -4.21. The normalized spacial score (nSPS) is 13.2. The first-order valence-corrected chi connectivity index (χ1v) is 11.4. The summed E-state index contributed by atoms with van der Waals surface area (Å²) >= 11 is 0. The van der Waals surface area contributed by atoms with Gasteiger partial charge in [0.1, 0.15) is 12.1 Å². The summed E-state index contributed by atoms with van der Waals surface area (Å²) in [6, 6.07) is 10.9. The number of nitrogens with one attached hydrogen (secondary N) is 3. The number of carbonyl (C=O) groups excluding carboxylic acids is 5. The maximum absolute atomic E-state index is 13.0. The van der Waals surface area contributed by atoms with Gasteiger partial charge in [-0.05, 0) is 71.9 Å². The third-order valence-electron chi connectivity index (χ3n) is 5.06. The zero-order valence-corrected chi connectivity index (χ0v) is 21.1. The van der Waals surface area contributed by atoms with E-state index in [1.165, 1.54) is 23.1 Å². The molecular formula is C26H30N4O6. The number of benzene rings is 2.